The van der Waals surface area contributed by atoms with Crippen molar-refractivity contribution in [1.29, 1.82) is 0 Å². The van der Waals surface area contributed by atoms with Gasteiger partial charge in [-0.1, -0.05) is 44.2 Å². The number of hydrogen-bond donors (Lipinski definition) is 1. The Balaban J connectivity index is 2.39. The minimum Gasteiger partial charge on any atom is -0.352 e. The lowest BCUT2D eigenvalue weighted by Crippen LogP contribution is -2.53. The lowest BCUT2D eigenvalue weighted by molar-refractivity contribution is -0.140. The maximum atomic E-state index is 13.5. The number of rotatable bonds is 11. The van der Waals surface area contributed by atoms with Gasteiger partial charge in [-0.2, -0.15) is 0 Å². The van der Waals surface area contributed by atoms with Crippen LogP contribution >= 0.6 is 22.6 Å². The molecule has 0 bridgehead atoms. The molecule has 2 atom stereocenters. The second kappa shape index (κ2) is 12.4. The minimum atomic E-state index is -3.73. The quantitative estimate of drug-likeness (QED) is 0.407. The molecule has 0 spiro atoms. The predicted molar refractivity (Wildman–Crippen MR) is 140 cm³/mol. The van der Waals surface area contributed by atoms with Crippen molar-refractivity contribution in [2.24, 2.45) is 0 Å². The largest absolute Gasteiger partial charge is 0.352 e. The number of hydrogen-bond acceptors (Lipinski definition) is 4. The van der Waals surface area contributed by atoms with E-state index in [0.717, 1.165) is 26.1 Å². The van der Waals surface area contributed by atoms with Crippen molar-refractivity contribution in [2.45, 2.75) is 52.2 Å². The predicted octanol–water partition coefficient (Wildman–Crippen LogP) is 3.78. The molecule has 2 aromatic carbocycles. The summed E-state index contributed by atoms with van der Waals surface area (Å²) >= 11 is 2.14. The monoisotopic (exact) mass is 585 g/mol. The van der Waals surface area contributed by atoms with Crippen molar-refractivity contribution in [2.75, 3.05) is 17.1 Å². The second-order valence-corrected chi connectivity index (χ2v) is 11.1. The maximum Gasteiger partial charge on any atom is 0.244 e. The van der Waals surface area contributed by atoms with Gasteiger partial charge in [0, 0.05) is 16.2 Å². The summed E-state index contributed by atoms with van der Waals surface area (Å²) in [6.07, 6.45) is 2.25. The Morgan fingerprint density at radius 2 is 1.61 bits per heavy atom. The number of halogens is 1. The number of carbonyl (C=O) groups excluding carboxylic acids is 2. The Labute approximate surface area is 210 Å². The Bertz CT molecular complexity index is 1030. The number of amides is 2. The summed E-state index contributed by atoms with van der Waals surface area (Å²) in [4.78, 5) is 28.1. The minimum absolute atomic E-state index is 0.0282. The van der Waals surface area contributed by atoms with E-state index in [4.69, 9.17) is 0 Å². The highest BCUT2D eigenvalue weighted by Gasteiger charge is 2.32. The lowest BCUT2D eigenvalue weighted by atomic mass is 10.1. The van der Waals surface area contributed by atoms with Crippen molar-refractivity contribution < 1.29 is 18.0 Å². The van der Waals surface area contributed by atoms with Gasteiger partial charge in [0.15, 0.2) is 0 Å². The van der Waals surface area contributed by atoms with Crippen molar-refractivity contribution in [3.05, 3.63) is 63.7 Å². The molecule has 0 aromatic heterocycles. The molecule has 0 radical (unpaired) electrons. The van der Waals surface area contributed by atoms with Crippen LogP contribution in [0.1, 0.15) is 39.2 Å². The van der Waals surface area contributed by atoms with E-state index < -0.39 is 22.0 Å². The van der Waals surface area contributed by atoms with Crippen molar-refractivity contribution in [3.63, 3.8) is 0 Å². The van der Waals surface area contributed by atoms with Crippen LogP contribution in [-0.4, -0.2) is 50.0 Å². The van der Waals surface area contributed by atoms with Crippen LogP contribution in [-0.2, 0) is 26.2 Å². The van der Waals surface area contributed by atoms with E-state index in [-0.39, 0.29) is 25.0 Å². The summed E-state index contributed by atoms with van der Waals surface area (Å²) in [6, 6.07) is 15.5. The highest BCUT2D eigenvalue weighted by molar-refractivity contribution is 14.1. The van der Waals surface area contributed by atoms with Crippen molar-refractivity contribution in [1.82, 2.24) is 10.2 Å². The molecule has 0 aliphatic carbocycles. The molecule has 2 rings (SSSR count). The molecule has 1 N–H and O–H groups in total. The highest BCUT2D eigenvalue weighted by atomic mass is 127. The van der Waals surface area contributed by atoms with Gasteiger partial charge in [0.2, 0.25) is 21.8 Å². The lowest BCUT2D eigenvalue weighted by Gasteiger charge is -2.33. The van der Waals surface area contributed by atoms with Crippen LogP contribution < -0.4 is 9.62 Å². The normalized spacial score (nSPS) is 13.1. The molecule has 180 valence electrons. The SMILES string of the molecule is CCC(C)NC(=O)C(CC)N(Cc1ccccc1)C(=O)CN(c1ccc(I)cc1)S(C)(=O)=O. The molecule has 0 aliphatic rings. The molecule has 7 nitrogen and oxygen atoms in total. The fourth-order valence-corrected chi connectivity index (χ4v) is 4.57. The van der Waals surface area contributed by atoms with Crippen LogP contribution in [0.4, 0.5) is 5.69 Å². The number of nitrogens with one attached hydrogen (secondary N) is 1. The summed E-state index contributed by atoms with van der Waals surface area (Å²) in [5.41, 5.74) is 1.27. The van der Waals surface area contributed by atoms with Gasteiger partial charge < -0.3 is 10.2 Å². The maximum absolute atomic E-state index is 13.5. The van der Waals surface area contributed by atoms with Crippen LogP contribution in [0.3, 0.4) is 0 Å². The zero-order valence-corrected chi connectivity index (χ0v) is 22.5. The topological polar surface area (TPSA) is 86.8 Å². The molecule has 0 heterocycles. The van der Waals surface area contributed by atoms with E-state index in [1.807, 2.05) is 51.1 Å². The van der Waals surface area contributed by atoms with Gasteiger partial charge in [-0.3, -0.25) is 13.9 Å². The summed E-state index contributed by atoms with van der Waals surface area (Å²) < 4.78 is 27.2. The molecular formula is C24H32IN3O4S. The van der Waals surface area contributed by atoms with Gasteiger partial charge in [0.25, 0.3) is 0 Å². The van der Waals surface area contributed by atoms with Gasteiger partial charge in [0.1, 0.15) is 12.6 Å². The summed E-state index contributed by atoms with van der Waals surface area (Å²) in [7, 11) is -3.73. The van der Waals surface area contributed by atoms with E-state index in [1.165, 1.54) is 4.90 Å². The van der Waals surface area contributed by atoms with E-state index in [2.05, 4.69) is 27.9 Å². The number of anilines is 1. The highest BCUT2D eigenvalue weighted by Crippen LogP contribution is 2.21. The average Bonchev–Trinajstić information content (AvgIpc) is 2.77. The first-order valence-corrected chi connectivity index (χ1v) is 13.9. The average molecular weight is 586 g/mol. The Hall–Kier alpha value is -2.14. The van der Waals surface area contributed by atoms with Crippen LogP contribution in [0.2, 0.25) is 0 Å². The molecule has 0 aliphatic heterocycles. The van der Waals surface area contributed by atoms with Gasteiger partial charge in [-0.05, 0) is 72.2 Å². The van der Waals surface area contributed by atoms with Crippen molar-refractivity contribution in [3.8, 4) is 0 Å². The summed E-state index contributed by atoms with van der Waals surface area (Å²) in [5, 5.41) is 2.96. The smallest absolute Gasteiger partial charge is 0.244 e. The molecule has 2 unspecified atom stereocenters. The van der Waals surface area contributed by atoms with Gasteiger partial charge in [0.05, 0.1) is 11.9 Å². The van der Waals surface area contributed by atoms with Gasteiger partial charge in [-0.15, -0.1) is 0 Å². The van der Waals surface area contributed by atoms with E-state index >= 15 is 0 Å². The number of carbonyl (C=O) groups is 2. The van der Waals surface area contributed by atoms with Crippen molar-refractivity contribution >= 4 is 50.1 Å². The molecule has 0 saturated heterocycles. The third kappa shape index (κ3) is 7.99. The molecule has 2 aromatic rings. The van der Waals surface area contributed by atoms with Crippen LogP contribution in [0.15, 0.2) is 54.6 Å². The summed E-state index contributed by atoms with van der Waals surface area (Å²) in [6.45, 7) is 5.55. The van der Waals surface area contributed by atoms with Gasteiger partial charge in [-0.25, -0.2) is 8.42 Å². The fourth-order valence-electron chi connectivity index (χ4n) is 3.36. The summed E-state index contributed by atoms with van der Waals surface area (Å²) in [5.74, 6) is -0.676. The van der Waals surface area contributed by atoms with Crippen LogP contribution in [0.25, 0.3) is 0 Å². The zero-order chi connectivity index (χ0) is 24.6. The number of nitrogens with zero attached hydrogens (tertiary/aromatic N) is 2. The van der Waals surface area contributed by atoms with Gasteiger partial charge >= 0.3 is 0 Å². The zero-order valence-electron chi connectivity index (χ0n) is 19.5. The molecule has 9 heteroatoms. The van der Waals surface area contributed by atoms with Crippen LogP contribution in [0, 0.1) is 3.57 Å². The second-order valence-electron chi connectivity index (χ2n) is 8.00. The Morgan fingerprint density at radius 3 is 2.12 bits per heavy atom. The van der Waals surface area contributed by atoms with E-state index in [9.17, 15) is 18.0 Å². The van der Waals surface area contributed by atoms with Crippen LogP contribution in [0.5, 0.6) is 0 Å². The number of benzene rings is 2. The number of sulfonamides is 1. The molecule has 0 fully saturated rings. The fraction of sp³-hybridized carbons (Fsp3) is 0.417. The van der Waals surface area contributed by atoms with E-state index in [1.54, 1.807) is 24.3 Å². The standard InChI is InChI=1S/C24H32IN3O4S/c1-5-18(3)26-24(30)22(6-2)27(16-19-10-8-7-9-11-19)23(29)17-28(33(4,31)32)21-14-12-20(25)13-15-21/h7-15,18,22H,5-6,16-17H2,1-4H3,(H,26,30). The first-order valence-electron chi connectivity index (χ1n) is 10.9. The molecule has 33 heavy (non-hydrogen) atoms. The molecular weight excluding hydrogens is 553 g/mol. The first-order chi connectivity index (χ1) is 15.6. The van der Waals surface area contributed by atoms with E-state index in [0.29, 0.717) is 12.1 Å². The Morgan fingerprint density at radius 1 is 1.00 bits per heavy atom. The third-order valence-corrected chi connectivity index (χ3v) is 7.24. The molecule has 2 amide bonds. The Kier molecular flexibility index (Phi) is 10.2. The third-order valence-electron chi connectivity index (χ3n) is 5.38. The first kappa shape index (κ1) is 27.1. The molecule has 0 saturated carbocycles.